The highest BCUT2D eigenvalue weighted by atomic mass is 16.5. The third-order valence-corrected chi connectivity index (χ3v) is 4.05. The average molecular weight is 331 g/mol. The van der Waals surface area contributed by atoms with Crippen LogP contribution in [0.4, 0.5) is 5.69 Å². The molecule has 3 rings (SSSR count). The molecule has 2 heterocycles. The van der Waals surface area contributed by atoms with Crippen molar-refractivity contribution < 1.29 is 4.74 Å². The summed E-state index contributed by atoms with van der Waals surface area (Å²) >= 11 is 0. The van der Waals surface area contributed by atoms with Crippen molar-refractivity contribution >= 4 is 16.6 Å². The highest BCUT2D eigenvalue weighted by molar-refractivity contribution is 5.85. The Morgan fingerprint density at radius 1 is 0.958 bits per heavy atom. The Balaban J connectivity index is 0.000000671. The van der Waals surface area contributed by atoms with Crippen LogP contribution in [-0.4, -0.2) is 31.3 Å². The van der Waals surface area contributed by atoms with Crippen molar-refractivity contribution in [3.05, 3.63) is 35.5 Å². The van der Waals surface area contributed by atoms with Gasteiger partial charge in [0.15, 0.2) is 0 Å². The monoisotopic (exact) mass is 330 g/mol. The van der Waals surface area contributed by atoms with Crippen molar-refractivity contribution in [3.8, 4) is 0 Å². The van der Waals surface area contributed by atoms with Gasteiger partial charge in [-0.1, -0.05) is 47.6 Å². The smallest absolute Gasteiger partial charge is 0.0728 e. The lowest BCUT2D eigenvalue weighted by Gasteiger charge is -2.29. The van der Waals surface area contributed by atoms with Crippen molar-refractivity contribution in [2.45, 2.75) is 54.4 Å². The zero-order valence-electron chi connectivity index (χ0n) is 16.4. The van der Waals surface area contributed by atoms with Crippen LogP contribution >= 0.6 is 0 Å². The van der Waals surface area contributed by atoms with E-state index in [1.54, 1.807) is 0 Å². The van der Waals surface area contributed by atoms with Crippen LogP contribution in [0.3, 0.4) is 0 Å². The first kappa shape index (κ1) is 20.4. The molecule has 24 heavy (non-hydrogen) atoms. The highest BCUT2D eigenvalue weighted by Gasteiger charge is 2.12. The molecule has 0 radical (unpaired) electrons. The Morgan fingerprint density at radius 3 is 2.21 bits per heavy atom. The molecular weight excluding hydrogens is 296 g/mol. The van der Waals surface area contributed by atoms with Gasteiger partial charge < -0.3 is 9.64 Å². The van der Waals surface area contributed by atoms with Crippen molar-refractivity contribution in [2.24, 2.45) is 0 Å². The Labute approximate surface area is 148 Å². The lowest BCUT2D eigenvalue weighted by Crippen LogP contribution is -2.36. The molecule has 3 nitrogen and oxygen atoms in total. The van der Waals surface area contributed by atoms with E-state index in [1.807, 2.05) is 27.7 Å². The van der Waals surface area contributed by atoms with Gasteiger partial charge in [0.2, 0.25) is 0 Å². The topological polar surface area (TPSA) is 25.4 Å². The van der Waals surface area contributed by atoms with Crippen LogP contribution in [0, 0.1) is 0 Å². The van der Waals surface area contributed by atoms with Crippen molar-refractivity contribution in [3.63, 3.8) is 0 Å². The molecule has 0 amide bonds. The molecular formula is C21H34N2O. The first-order chi connectivity index (χ1) is 11.8. The normalized spacial score (nSPS) is 13.7. The fraction of sp³-hybridized carbons (Fsp3) is 0.571. The molecule has 1 aliphatic heterocycles. The highest BCUT2D eigenvalue weighted by Crippen LogP contribution is 2.25. The SMILES string of the molecule is CC.CC.CCc1cc(CC)c2ccc(N3CCOCC3)cc2n1. The van der Waals surface area contributed by atoms with E-state index in [4.69, 9.17) is 9.72 Å². The Bertz CT molecular complexity index is 604. The van der Waals surface area contributed by atoms with E-state index in [0.717, 1.165) is 44.7 Å². The van der Waals surface area contributed by atoms with Gasteiger partial charge in [0.25, 0.3) is 0 Å². The van der Waals surface area contributed by atoms with Gasteiger partial charge in [-0.2, -0.15) is 0 Å². The van der Waals surface area contributed by atoms with E-state index < -0.39 is 0 Å². The minimum absolute atomic E-state index is 0.820. The number of aromatic nitrogens is 1. The van der Waals surface area contributed by atoms with E-state index in [0.29, 0.717) is 0 Å². The van der Waals surface area contributed by atoms with Gasteiger partial charge in [-0.25, -0.2) is 0 Å². The number of hydrogen-bond donors (Lipinski definition) is 0. The fourth-order valence-corrected chi connectivity index (χ4v) is 2.84. The molecule has 0 N–H and O–H groups in total. The number of fused-ring (bicyclic) bond motifs is 1. The number of rotatable bonds is 3. The quantitative estimate of drug-likeness (QED) is 0.768. The maximum absolute atomic E-state index is 5.42. The molecule has 0 bridgehead atoms. The summed E-state index contributed by atoms with van der Waals surface area (Å²) in [5.41, 5.74) is 4.99. The van der Waals surface area contributed by atoms with Gasteiger partial charge in [0, 0.05) is 29.9 Å². The third-order valence-electron chi connectivity index (χ3n) is 4.05. The Kier molecular flexibility index (Phi) is 9.39. The standard InChI is InChI=1S/C17H22N2O.2C2H6/c1-3-13-11-14(4-2)18-17-12-15(5-6-16(13)17)19-7-9-20-10-8-19;2*1-2/h5-6,11-12H,3-4,7-10H2,1-2H3;2*1-2H3. The number of aryl methyl sites for hydroxylation is 2. The molecule has 0 saturated carbocycles. The van der Waals surface area contributed by atoms with Gasteiger partial charge in [-0.15, -0.1) is 0 Å². The summed E-state index contributed by atoms with van der Waals surface area (Å²) in [6.07, 6.45) is 2.05. The van der Waals surface area contributed by atoms with Gasteiger partial charge in [0.1, 0.15) is 0 Å². The number of anilines is 1. The van der Waals surface area contributed by atoms with E-state index in [9.17, 15) is 0 Å². The Morgan fingerprint density at radius 2 is 1.62 bits per heavy atom. The summed E-state index contributed by atoms with van der Waals surface area (Å²) in [6.45, 7) is 16.0. The van der Waals surface area contributed by atoms with Crippen LogP contribution < -0.4 is 4.90 Å². The molecule has 3 heteroatoms. The number of pyridine rings is 1. The fourth-order valence-electron chi connectivity index (χ4n) is 2.84. The second-order valence-electron chi connectivity index (χ2n) is 5.28. The summed E-state index contributed by atoms with van der Waals surface area (Å²) in [4.78, 5) is 7.18. The van der Waals surface area contributed by atoms with Crippen molar-refractivity contribution in [1.29, 1.82) is 0 Å². The largest absolute Gasteiger partial charge is 0.378 e. The van der Waals surface area contributed by atoms with Crippen LogP contribution in [0.1, 0.15) is 52.8 Å². The molecule has 1 fully saturated rings. The van der Waals surface area contributed by atoms with E-state index in [2.05, 4.69) is 43.0 Å². The summed E-state index contributed by atoms with van der Waals surface area (Å²) in [5.74, 6) is 0. The van der Waals surface area contributed by atoms with Crippen LogP contribution in [0.5, 0.6) is 0 Å². The van der Waals surface area contributed by atoms with E-state index >= 15 is 0 Å². The number of morpholine rings is 1. The van der Waals surface area contributed by atoms with Crippen molar-refractivity contribution in [1.82, 2.24) is 4.98 Å². The zero-order valence-corrected chi connectivity index (χ0v) is 16.4. The van der Waals surface area contributed by atoms with E-state index in [-0.39, 0.29) is 0 Å². The zero-order chi connectivity index (χ0) is 17.9. The van der Waals surface area contributed by atoms with Crippen molar-refractivity contribution in [2.75, 3.05) is 31.2 Å². The lowest BCUT2D eigenvalue weighted by molar-refractivity contribution is 0.122. The maximum Gasteiger partial charge on any atom is 0.0728 e. The molecule has 0 aliphatic carbocycles. The molecule has 0 unspecified atom stereocenters. The van der Waals surface area contributed by atoms with Crippen LogP contribution in [0.15, 0.2) is 24.3 Å². The van der Waals surface area contributed by atoms with Crippen LogP contribution in [0.2, 0.25) is 0 Å². The molecule has 2 aromatic rings. The number of nitrogens with zero attached hydrogens (tertiary/aromatic N) is 2. The summed E-state index contributed by atoms with van der Waals surface area (Å²) in [7, 11) is 0. The minimum Gasteiger partial charge on any atom is -0.378 e. The molecule has 1 aromatic carbocycles. The van der Waals surface area contributed by atoms with Gasteiger partial charge in [-0.05, 0) is 36.6 Å². The summed E-state index contributed by atoms with van der Waals surface area (Å²) in [6, 6.07) is 8.93. The molecule has 0 atom stereocenters. The average Bonchev–Trinajstić information content (AvgIpc) is 2.70. The second kappa shape index (κ2) is 11.0. The maximum atomic E-state index is 5.42. The second-order valence-corrected chi connectivity index (χ2v) is 5.28. The number of ether oxygens (including phenoxy) is 1. The van der Waals surface area contributed by atoms with Crippen LogP contribution in [-0.2, 0) is 17.6 Å². The van der Waals surface area contributed by atoms with Crippen LogP contribution in [0.25, 0.3) is 10.9 Å². The molecule has 134 valence electrons. The molecule has 0 spiro atoms. The van der Waals surface area contributed by atoms with E-state index in [1.165, 1.54) is 22.3 Å². The minimum atomic E-state index is 0.820. The lowest BCUT2D eigenvalue weighted by atomic mass is 10.0. The predicted octanol–water partition coefficient (Wildman–Crippen LogP) is 5.25. The van der Waals surface area contributed by atoms with Gasteiger partial charge in [0.05, 0.1) is 18.7 Å². The molecule has 1 aromatic heterocycles. The first-order valence-electron chi connectivity index (χ1n) is 9.57. The van der Waals surface area contributed by atoms with Gasteiger partial charge in [-0.3, -0.25) is 4.98 Å². The third kappa shape index (κ3) is 4.94. The Hall–Kier alpha value is -1.61. The number of benzene rings is 1. The first-order valence-corrected chi connectivity index (χ1v) is 9.57. The predicted molar refractivity (Wildman–Crippen MR) is 106 cm³/mol. The number of hydrogen-bond acceptors (Lipinski definition) is 3. The van der Waals surface area contributed by atoms with Gasteiger partial charge >= 0.3 is 0 Å². The summed E-state index contributed by atoms with van der Waals surface area (Å²) in [5, 5.41) is 1.29. The molecule has 1 aliphatic rings. The molecule has 1 saturated heterocycles. The summed E-state index contributed by atoms with van der Waals surface area (Å²) < 4.78 is 5.42.